The predicted molar refractivity (Wildman–Crippen MR) is 41.7 cm³/mol. The average molecular weight is 173 g/mol. The number of carbonyl (C=O) groups excluding carboxylic acids is 1. The number of aldehydes is 1. The van der Waals surface area contributed by atoms with E-state index in [9.17, 15) is 4.79 Å². The maximum atomic E-state index is 9.76. The van der Waals surface area contributed by atoms with E-state index in [4.69, 9.17) is 15.0 Å². The zero-order valence-corrected chi connectivity index (χ0v) is 6.68. The number of hydrogen-bond donors (Lipinski definition) is 0. The van der Waals surface area contributed by atoms with E-state index in [2.05, 4.69) is 10.0 Å². The van der Waals surface area contributed by atoms with Crippen LogP contribution < -0.4 is 0 Å². The van der Waals surface area contributed by atoms with E-state index in [0.29, 0.717) is 32.7 Å². The molecule has 12 heavy (non-hydrogen) atoms. The van der Waals surface area contributed by atoms with Crippen molar-refractivity contribution in [3.8, 4) is 0 Å². The van der Waals surface area contributed by atoms with Gasteiger partial charge in [-0.25, -0.2) is 0 Å². The fourth-order valence-corrected chi connectivity index (χ4v) is 0.501. The molecule has 0 fully saturated rings. The second-order valence-electron chi connectivity index (χ2n) is 1.81. The first-order chi connectivity index (χ1) is 5.91. The molecule has 0 aliphatic heterocycles. The molecule has 0 spiro atoms. The lowest BCUT2D eigenvalue weighted by molar-refractivity contribution is -0.112. The fourth-order valence-electron chi connectivity index (χ4n) is 0.501. The SMILES string of the molecule is [N-]=[N+]=NCCOCCOCC=O. The Labute approximate surface area is 70.1 Å². The van der Waals surface area contributed by atoms with E-state index >= 15 is 0 Å². The molecule has 0 saturated carbocycles. The van der Waals surface area contributed by atoms with Gasteiger partial charge in [0.05, 0.1) is 19.8 Å². The Hall–Kier alpha value is -1.10. The summed E-state index contributed by atoms with van der Waals surface area (Å²) in [5, 5.41) is 3.26. The van der Waals surface area contributed by atoms with Crippen molar-refractivity contribution < 1.29 is 14.3 Å². The summed E-state index contributed by atoms with van der Waals surface area (Å²) >= 11 is 0. The van der Waals surface area contributed by atoms with Crippen LogP contribution in [0.1, 0.15) is 0 Å². The highest BCUT2D eigenvalue weighted by Crippen LogP contribution is 1.78. The number of nitrogens with zero attached hydrogens (tertiary/aromatic N) is 3. The number of hydrogen-bond acceptors (Lipinski definition) is 4. The molecule has 0 N–H and O–H groups in total. The Morgan fingerprint density at radius 3 is 2.75 bits per heavy atom. The molecule has 0 atom stereocenters. The molecule has 0 heterocycles. The van der Waals surface area contributed by atoms with Crippen molar-refractivity contribution in [2.75, 3.05) is 33.0 Å². The van der Waals surface area contributed by atoms with Gasteiger partial charge in [0, 0.05) is 11.5 Å². The maximum absolute atomic E-state index is 9.76. The van der Waals surface area contributed by atoms with Crippen LogP contribution in [0.15, 0.2) is 5.11 Å². The highest BCUT2D eigenvalue weighted by atomic mass is 16.5. The molecule has 0 aromatic carbocycles. The van der Waals surface area contributed by atoms with Crippen LogP contribution >= 0.6 is 0 Å². The van der Waals surface area contributed by atoms with Crippen LogP contribution in [0.25, 0.3) is 10.4 Å². The Bertz CT molecular complexity index is 156. The summed E-state index contributed by atoms with van der Waals surface area (Å²) in [7, 11) is 0. The van der Waals surface area contributed by atoms with Crippen molar-refractivity contribution in [1.82, 2.24) is 0 Å². The molecule has 0 unspecified atom stereocenters. The largest absolute Gasteiger partial charge is 0.379 e. The molecule has 6 heteroatoms. The van der Waals surface area contributed by atoms with E-state index in [-0.39, 0.29) is 6.61 Å². The number of carbonyl (C=O) groups is 1. The van der Waals surface area contributed by atoms with Crippen LogP contribution in [0.5, 0.6) is 0 Å². The van der Waals surface area contributed by atoms with Crippen molar-refractivity contribution >= 4 is 6.29 Å². The summed E-state index contributed by atoms with van der Waals surface area (Å²) in [5.41, 5.74) is 7.88. The molecular formula is C6H11N3O3. The third kappa shape index (κ3) is 8.90. The van der Waals surface area contributed by atoms with Crippen molar-refractivity contribution in [1.29, 1.82) is 0 Å². The number of ether oxygens (including phenoxy) is 2. The van der Waals surface area contributed by atoms with Gasteiger partial charge in [-0.3, -0.25) is 0 Å². The van der Waals surface area contributed by atoms with Gasteiger partial charge in [0.25, 0.3) is 0 Å². The highest BCUT2D eigenvalue weighted by Gasteiger charge is 1.87. The maximum Gasteiger partial charge on any atom is 0.145 e. The molecule has 0 aromatic rings. The minimum Gasteiger partial charge on any atom is -0.379 e. The van der Waals surface area contributed by atoms with E-state index in [1.54, 1.807) is 0 Å². The van der Waals surface area contributed by atoms with Crippen LogP contribution in [0.2, 0.25) is 0 Å². The Morgan fingerprint density at radius 1 is 1.33 bits per heavy atom. The lowest BCUT2D eigenvalue weighted by atomic mass is 10.7. The standard InChI is InChI=1S/C6H11N3O3/c7-9-8-1-3-11-5-6-12-4-2-10/h2H,1,3-6H2. The van der Waals surface area contributed by atoms with Gasteiger partial charge in [0.1, 0.15) is 12.9 Å². The van der Waals surface area contributed by atoms with Gasteiger partial charge in [0.2, 0.25) is 0 Å². The first-order valence-electron chi connectivity index (χ1n) is 3.51. The normalized spacial score (nSPS) is 9.00. The number of rotatable bonds is 8. The molecular weight excluding hydrogens is 162 g/mol. The zero-order chi connectivity index (χ0) is 9.07. The minimum absolute atomic E-state index is 0.0969. The predicted octanol–water partition coefficient (Wildman–Crippen LogP) is 0.529. The van der Waals surface area contributed by atoms with Gasteiger partial charge in [-0.05, 0) is 5.53 Å². The third-order valence-corrected chi connectivity index (χ3v) is 0.957. The van der Waals surface area contributed by atoms with Gasteiger partial charge >= 0.3 is 0 Å². The monoisotopic (exact) mass is 173 g/mol. The van der Waals surface area contributed by atoms with Gasteiger partial charge in [-0.1, -0.05) is 5.11 Å². The topological polar surface area (TPSA) is 84.3 Å². The molecule has 0 amide bonds. The second kappa shape index (κ2) is 9.90. The van der Waals surface area contributed by atoms with Crippen molar-refractivity contribution in [2.45, 2.75) is 0 Å². The van der Waals surface area contributed by atoms with Crippen LogP contribution in [-0.2, 0) is 14.3 Å². The van der Waals surface area contributed by atoms with Crippen LogP contribution in [0.4, 0.5) is 0 Å². The first-order valence-corrected chi connectivity index (χ1v) is 3.51. The summed E-state index contributed by atoms with van der Waals surface area (Å²) in [6, 6.07) is 0. The number of azide groups is 1. The molecule has 0 radical (unpaired) electrons. The molecule has 68 valence electrons. The third-order valence-electron chi connectivity index (χ3n) is 0.957. The molecule has 0 bridgehead atoms. The van der Waals surface area contributed by atoms with Crippen LogP contribution in [0.3, 0.4) is 0 Å². The Balaban J connectivity index is 2.90. The van der Waals surface area contributed by atoms with Gasteiger partial charge < -0.3 is 14.3 Å². The van der Waals surface area contributed by atoms with E-state index in [1.165, 1.54) is 0 Å². The lowest BCUT2D eigenvalue weighted by Gasteiger charge is -2.00. The molecule has 0 rings (SSSR count). The quantitative estimate of drug-likeness (QED) is 0.176. The van der Waals surface area contributed by atoms with Crippen molar-refractivity contribution in [3.63, 3.8) is 0 Å². The summed E-state index contributed by atoms with van der Waals surface area (Å²) < 4.78 is 9.77. The summed E-state index contributed by atoms with van der Waals surface area (Å²) in [6.45, 7) is 1.60. The first kappa shape index (κ1) is 10.9. The molecule has 0 aliphatic carbocycles. The van der Waals surface area contributed by atoms with E-state index in [1.807, 2.05) is 0 Å². The molecule has 6 nitrogen and oxygen atoms in total. The van der Waals surface area contributed by atoms with E-state index in [0.717, 1.165) is 0 Å². The minimum atomic E-state index is 0.0969. The molecule has 0 saturated heterocycles. The highest BCUT2D eigenvalue weighted by molar-refractivity contribution is 5.50. The lowest BCUT2D eigenvalue weighted by Crippen LogP contribution is -2.07. The summed E-state index contributed by atoms with van der Waals surface area (Å²) in [4.78, 5) is 12.3. The summed E-state index contributed by atoms with van der Waals surface area (Å²) in [5.74, 6) is 0. The van der Waals surface area contributed by atoms with Gasteiger partial charge in [-0.15, -0.1) is 0 Å². The van der Waals surface area contributed by atoms with Crippen LogP contribution in [0, 0.1) is 0 Å². The van der Waals surface area contributed by atoms with E-state index < -0.39 is 0 Å². The van der Waals surface area contributed by atoms with Gasteiger partial charge in [-0.2, -0.15) is 0 Å². The second-order valence-corrected chi connectivity index (χ2v) is 1.81. The molecule has 0 aromatic heterocycles. The smallest absolute Gasteiger partial charge is 0.145 e. The summed E-state index contributed by atoms with van der Waals surface area (Å²) in [6.07, 6.45) is 0.681. The zero-order valence-electron chi connectivity index (χ0n) is 6.68. The van der Waals surface area contributed by atoms with Gasteiger partial charge in [0.15, 0.2) is 0 Å². The van der Waals surface area contributed by atoms with Crippen molar-refractivity contribution in [2.24, 2.45) is 5.11 Å². The van der Waals surface area contributed by atoms with Crippen LogP contribution in [-0.4, -0.2) is 39.3 Å². The van der Waals surface area contributed by atoms with Crippen molar-refractivity contribution in [3.05, 3.63) is 10.4 Å². The Kier molecular flexibility index (Phi) is 8.99. The fraction of sp³-hybridized carbons (Fsp3) is 0.833. The Morgan fingerprint density at radius 2 is 2.08 bits per heavy atom. The molecule has 0 aliphatic rings. The average Bonchev–Trinajstić information content (AvgIpc) is 2.10.